The fourth-order valence-corrected chi connectivity index (χ4v) is 3.77. The number of pyridine rings is 1. The molecule has 25 heavy (non-hydrogen) atoms. The molecule has 1 saturated carbocycles. The number of carbonyl (C=O) groups is 1. The molecule has 0 radical (unpaired) electrons. The molecule has 3 rings (SSSR count). The molecule has 1 aromatic rings. The summed E-state index contributed by atoms with van der Waals surface area (Å²) >= 11 is 0. The largest absolute Gasteiger partial charge is 0.416 e. The van der Waals surface area contributed by atoms with E-state index in [0.717, 1.165) is 25.0 Å². The SMILES string of the molecule is CC1(C(=O)N2CCN(c3cc(C(F)(F)F)ccn3)CC2)CCC(N)C1. The van der Waals surface area contributed by atoms with Crippen molar-refractivity contribution in [2.75, 3.05) is 31.1 Å². The first kappa shape index (κ1) is 18.0. The first-order valence-corrected chi connectivity index (χ1v) is 8.52. The van der Waals surface area contributed by atoms with Gasteiger partial charge in [0.15, 0.2) is 0 Å². The van der Waals surface area contributed by atoms with Crippen LogP contribution < -0.4 is 10.6 Å². The molecule has 2 unspecified atom stereocenters. The lowest BCUT2D eigenvalue weighted by atomic mass is 9.86. The molecule has 1 aromatic heterocycles. The Morgan fingerprint density at radius 2 is 2.00 bits per heavy atom. The van der Waals surface area contributed by atoms with Gasteiger partial charge in [-0.15, -0.1) is 0 Å². The predicted molar refractivity (Wildman–Crippen MR) is 88.0 cm³/mol. The van der Waals surface area contributed by atoms with Crippen LogP contribution in [0.25, 0.3) is 0 Å². The number of carbonyl (C=O) groups excluding carboxylic acids is 1. The van der Waals surface area contributed by atoms with Crippen LogP contribution in [0, 0.1) is 5.41 Å². The third-order valence-electron chi connectivity index (χ3n) is 5.26. The minimum atomic E-state index is -4.38. The topological polar surface area (TPSA) is 62.5 Å². The molecule has 2 fully saturated rings. The first-order chi connectivity index (χ1) is 11.7. The van der Waals surface area contributed by atoms with E-state index in [9.17, 15) is 18.0 Å². The van der Waals surface area contributed by atoms with Gasteiger partial charge in [-0.05, 0) is 31.4 Å². The van der Waals surface area contributed by atoms with Crippen molar-refractivity contribution >= 4 is 11.7 Å². The molecule has 2 aliphatic rings. The number of nitrogens with zero attached hydrogens (tertiary/aromatic N) is 3. The minimum Gasteiger partial charge on any atom is -0.353 e. The van der Waals surface area contributed by atoms with Crippen molar-refractivity contribution in [1.29, 1.82) is 0 Å². The standard InChI is InChI=1S/C17H23F3N4O/c1-16(4-2-13(21)11-16)15(25)24-8-6-23(7-9-24)14-10-12(3-5-22-14)17(18,19)20/h3,5,10,13H,2,4,6-9,11,21H2,1H3. The molecule has 1 amide bonds. The Kier molecular flexibility index (Phi) is 4.66. The normalized spacial score (nSPS) is 27.6. The lowest BCUT2D eigenvalue weighted by molar-refractivity contribution is -0.141. The van der Waals surface area contributed by atoms with E-state index in [4.69, 9.17) is 5.73 Å². The second kappa shape index (κ2) is 6.48. The van der Waals surface area contributed by atoms with Gasteiger partial charge in [-0.3, -0.25) is 4.79 Å². The lowest BCUT2D eigenvalue weighted by Gasteiger charge is -2.39. The number of rotatable bonds is 2. The second-order valence-corrected chi connectivity index (χ2v) is 7.24. The second-order valence-electron chi connectivity index (χ2n) is 7.24. The summed E-state index contributed by atoms with van der Waals surface area (Å²) in [5.41, 5.74) is 4.83. The summed E-state index contributed by atoms with van der Waals surface area (Å²) < 4.78 is 38.5. The van der Waals surface area contributed by atoms with Crippen LogP contribution >= 0.6 is 0 Å². The smallest absolute Gasteiger partial charge is 0.353 e. The molecule has 1 aliphatic carbocycles. The zero-order chi connectivity index (χ0) is 18.2. The Balaban J connectivity index is 1.63. The number of halogens is 3. The van der Waals surface area contributed by atoms with Crippen molar-refractivity contribution in [2.45, 2.75) is 38.4 Å². The molecular weight excluding hydrogens is 333 g/mol. The molecule has 5 nitrogen and oxygen atoms in total. The van der Waals surface area contributed by atoms with Crippen LogP contribution in [-0.2, 0) is 11.0 Å². The summed E-state index contributed by atoms with van der Waals surface area (Å²) in [6.07, 6.45) is -0.859. The third kappa shape index (κ3) is 3.73. The Hall–Kier alpha value is -1.83. The van der Waals surface area contributed by atoms with E-state index >= 15 is 0 Å². The zero-order valence-electron chi connectivity index (χ0n) is 14.2. The molecule has 138 valence electrons. The van der Waals surface area contributed by atoms with Crippen LogP contribution in [0.2, 0.25) is 0 Å². The van der Waals surface area contributed by atoms with E-state index in [1.807, 2.05) is 11.8 Å². The number of amides is 1. The summed E-state index contributed by atoms with van der Waals surface area (Å²) in [6, 6.07) is 2.10. The van der Waals surface area contributed by atoms with Crippen LogP contribution in [0.4, 0.5) is 19.0 Å². The van der Waals surface area contributed by atoms with Gasteiger partial charge in [-0.2, -0.15) is 13.2 Å². The fraction of sp³-hybridized carbons (Fsp3) is 0.647. The van der Waals surface area contributed by atoms with Gasteiger partial charge in [0.2, 0.25) is 5.91 Å². The van der Waals surface area contributed by atoms with Gasteiger partial charge in [-0.25, -0.2) is 4.98 Å². The van der Waals surface area contributed by atoms with Crippen molar-refractivity contribution < 1.29 is 18.0 Å². The predicted octanol–water partition coefficient (Wildman–Crippen LogP) is 2.27. The van der Waals surface area contributed by atoms with Gasteiger partial charge in [0.25, 0.3) is 0 Å². The maximum absolute atomic E-state index is 12.8. The van der Waals surface area contributed by atoms with E-state index < -0.39 is 17.2 Å². The van der Waals surface area contributed by atoms with Gasteiger partial charge >= 0.3 is 6.18 Å². The molecule has 1 aliphatic heterocycles. The monoisotopic (exact) mass is 356 g/mol. The van der Waals surface area contributed by atoms with E-state index in [0.29, 0.717) is 38.4 Å². The number of nitrogens with two attached hydrogens (primary N) is 1. The zero-order valence-corrected chi connectivity index (χ0v) is 14.2. The summed E-state index contributed by atoms with van der Waals surface area (Å²) in [5.74, 6) is 0.410. The molecule has 2 heterocycles. The van der Waals surface area contributed by atoms with Crippen LogP contribution in [-0.4, -0.2) is 48.0 Å². The number of hydrogen-bond donors (Lipinski definition) is 1. The average molecular weight is 356 g/mol. The van der Waals surface area contributed by atoms with Crippen molar-refractivity contribution in [3.63, 3.8) is 0 Å². The third-order valence-corrected chi connectivity index (χ3v) is 5.26. The van der Waals surface area contributed by atoms with Gasteiger partial charge in [-0.1, -0.05) is 6.92 Å². The molecule has 2 N–H and O–H groups in total. The maximum Gasteiger partial charge on any atom is 0.416 e. The maximum atomic E-state index is 12.8. The van der Waals surface area contributed by atoms with E-state index in [-0.39, 0.29) is 11.9 Å². The molecule has 1 saturated heterocycles. The van der Waals surface area contributed by atoms with Crippen molar-refractivity contribution in [3.8, 4) is 0 Å². The van der Waals surface area contributed by atoms with Crippen LogP contribution in [0.15, 0.2) is 18.3 Å². The van der Waals surface area contributed by atoms with Gasteiger partial charge in [0.1, 0.15) is 5.82 Å². The molecule has 0 bridgehead atoms. The fourth-order valence-electron chi connectivity index (χ4n) is 3.77. The Bertz CT molecular complexity index is 643. The van der Waals surface area contributed by atoms with Crippen LogP contribution in [0.3, 0.4) is 0 Å². The lowest BCUT2D eigenvalue weighted by Crippen LogP contribution is -2.52. The average Bonchev–Trinajstić information content (AvgIpc) is 2.94. The summed E-state index contributed by atoms with van der Waals surface area (Å²) in [6.45, 7) is 3.89. The van der Waals surface area contributed by atoms with E-state index in [1.165, 1.54) is 6.20 Å². The van der Waals surface area contributed by atoms with E-state index in [1.54, 1.807) is 4.90 Å². The first-order valence-electron chi connectivity index (χ1n) is 8.52. The summed E-state index contributed by atoms with van der Waals surface area (Å²) in [7, 11) is 0. The Morgan fingerprint density at radius 1 is 1.32 bits per heavy atom. The minimum absolute atomic E-state index is 0.0737. The van der Waals surface area contributed by atoms with Crippen molar-refractivity contribution in [3.05, 3.63) is 23.9 Å². The highest BCUT2D eigenvalue weighted by atomic mass is 19.4. The van der Waals surface area contributed by atoms with Gasteiger partial charge < -0.3 is 15.5 Å². The summed E-state index contributed by atoms with van der Waals surface area (Å²) in [4.78, 5) is 20.4. The highest BCUT2D eigenvalue weighted by Crippen LogP contribution is 2.39. The van der Waals surface area contributed by atoms with Gasteiger partial charge in [0, 0.05) is 43.8 Å². The van der Waals surface area contributed by atoms with Crippen molar-refractivity contribution in [2.24, 2.45) is 11.1 Å². The molecular formula is C17H23F3N4O. The number of hydrogen-bond acceptors (Lipinski definition) is 4. The molecule has 2 atom stereocenters. The highest BCUT2D eigenvalue weighted by Gasteiger charge is 2.42. The van der Waals surface area contributed by atoms with Gasteiger partial charge in [0.05, 0.1) is 5.56 Å². The summed E-state index contributed by atoms with van der Waals surface area (Å²) in [5, 5.41) is 0. The number of alkyl halides is 3. The quantitative estimate of drug-likeness (QED) is 0.883. The molecule has 0 spiro atoms. The van der Waals surface area contributed by atoms with Crippen LogP contribution in [0.5, 0.6) is 0 Å². The Labute approximate surface area is 145 Å². The van der Waals surface area contributed by atoms with Crippen LogP contribution in [0.1, 0.15) is 31.7 Å². The number of piperazine rings is 1. The Morgan fingerprint density at radius 3 is 2.56 bits per heavy atom. The number of anilines is 1. The highest BCUT2D eigenvalue weighted by molar-refractivity contribution is 5.83. The number of aromatic nitrogens is 1. The molecule has 8 heteroatoms. The molecule has 0 aromatic carbocycles. The van der Waals surface area contributed by atoms with E-state index in [2.05, 4.69) is 4.98 Å². The van der Waals surface area contributed by atoms with Crippen molar-refractivity contribution in [1.82, 2.24) is 9.88 Å².